The second-order valence-electron chi connectivity index (χ2n) is 14.4. The van der Waals surface area contributed by atoms with E-state index in [9.17, 15) is 273 Å². The molecule has 18 nitrogen and oxygen atoms in total. The van der Waals surface area contributed by atoms with Crippen LogP contribution in [-0.4, -0.2) is 203 Å². The van der Waals surface area contributed by atoms with E-state index in [1.165, 1.54) is 0 Å². The molecule has 0 spiro atoms. The second kappa shape index (κ2) is 25.4. The molecule has 0 bridgehead atoms. The summed E-state index contributed by atoms with van der Waals surface area (Å²) in [5, 5.41) is -72.6. The SMILES string of the molecule is O=S(=O)([C-](S(=O)(=O)C(F)(F)C(F)(F)F)S(=O)(=O)C(F)(F)C(F)(F)F)C(F)(F)C(F)(F)F.O=S(=O)([C-](S(=O)(=O)C(F)(F)C(F)(F)F)S(=O)(=O)C(F)(F)C(F)(F)F)C(F)(F)C(F)(F)F.O=S(=O)([C-](S(=O)(=O)C(F)(F)C(F)(F)F)S(=O)(=O)C(F)(F)C(F)(F)F)C(F)(F)C(F)(F)F.[Sb+3]. The molecule has 0 aromatic rings. The standard InChI is InChI=1S/3C7F15O6S3.Sb/c3*8-2(9,10)5(17,18)29(23,24)1(30(25,26)6(19,20)3(11,12)13)31(27,28)7(21,22)4(14,15)16;/q3*-1;+3. The molecule has 0 N–H and O–H groups in total. The largest absolute Gasteiger partial charge is 3.00 e. The Balaban J connectivity index is -0.000000643. The first-order valence-electron chi connectivity index (χ1n) is 17.4. The quantitative estimate of drug-likeness (QED) is 0.0701. The van der Waals surface area contributed by atoms with Gasteiger partial charge in [0.15, 0.2) is 0 Å². The van der Waals surface area contributed by atoms with E-state index in [1.54, 1.807) is 0 Å². The molecule has 0 aromatic carbocycles. The molecule has 0 heterocycles. The van der Waals surface area contributed by atoms with Crippen LogP contribution in [0.25, 0.3) is 0 Å². The maximum atomic E-state index is 13.1. The van der Waals surface area contributed by atoms with Gasteiger partial charge in [0.05, 0.1) is 11.7 Å². The molecule has 0 saturated carbocycles. The smallest absolute Gasteiger partial charge is 0.254 e. The summed E-state index contributed by atoms with van der Waals surface area (Å²) in [4.78, 5) is 0. The summed E-state index contributed by atoms with van der Waals surface area (Å²) in [6.07, 6.45) is -70.3. The van der Waals surface area contributed by atoms with E-state index < -0.39 is 203 Å². The fraction of sp³-hybridized carbons (Fsp3) is 0.857. The van der Waals surface area contributed by atoms with Crippen molar-refractivity contribution < 1.29 is 273 Å². The average Bonchev–Trinajstić information content (AvgIpc) is 0.708. The fourth-order valence-corrected chi connectivity index (χ4v) is 24.3. The Hall–Kier alpha value is -2.78. The van der Waals surface area contributed by atoms with Crippen LogP contribution in [0.3, 0.4) is 0 Å². The van der Waals surface area contributed by atoms with Gasteiger partial charge in [-0.05, 0) is 0 Å². The van der Waals surface area contributed by atoms with Crippen LogP contribution >= 0.6 is 0 Å². The molecule has 73 heteroatoms. The van der Waals surface area contributed by atoms with Crippen molar-refractivity contribution in [1.82, 2.24) is 0 Å². The molecule has 0 amide bonds. The molecule has 0 fully saturated rings. The summed E-state index contributed by atoms with van der Waals surface area (Å²) in [6, 6.07) is 0. The van der Waals surface area contributed by atoms with E-state index >= 15 is 0 Å². The molecule has 0 atom stereocenters. The van der Waals surface area contributed by atoms with E-state index in [0.717, 1.165) is 0 Å². The van der Waals surface area contributed by atoms with Gasteiger partial charge in [-0.1, -0.05) is 0 Å². The topological polar surface area (TPSA) is 307 Å². The van der Waals surface area contributed by atoms with Crippen molar-refractivity contribution in [3.63, 3.8) is 0 Å². The van der Waals surface area contributed by atoms with Crippen molar-refractivity contribution in [2.75, 3.05) is 0 Å². The van der Waals surface area contributed by atoms with Crippen LogP contribution in [0.1, 0.15) is 0 Å². The van der Waals surface area contributed by atoms with Gasteiger partial charge in [-0.3, -0.25) is 75.8 Å². The average molecular weight is 1810 g/mol. The van der Waals surface area contributed by atoms with Gasteiger partial charge >= 0.3 is 127 Å². The van der Waals surface area contributed by atoms with Crippen molar-refractivity contribution in [2.45, 2.75) is 103 Å². The number of alkyl halides is 45. The predicted octanol–water partition coefficient (Wildman–Crippen LogP) is 9.05. The number of sulfone groups is 9. The van der Waals surface area contributed by atoms with Crippen LogP contribution in [-0.2, 0) is 88.5 Å². The van der Waals surface area contributed by atoms with Crippen LogP contribution in [0.15, 0.2) is 0 Å². The zero-order valence-corrected chi connectivity index (χ0v) is 48.9. The predicted molar refractivity (Wildman–Crippen MR) is 195 cm³/mol. The molecule has 2 radical (unpaired) electrons. The summed E-state index contributed by atoms with van der Waals surface area (Å²) in [5.74, 6) is 0. The molecule has 0 aliphatic heterocycles. The zero-order chi connectivity index (χ0) is 78.2. The molecule has 0 saturated heterocycles. The summed E-state index contributed by atoms with van der Waals surface area (Å²) in [6.45, 7) is 0. The molecular weight excluding hydrogens is 1810 g/mol. The minimum Gasteiger partial charge on any atom is -0.254 e. The monoisotopic (exact) mass is 1800 g/mol. The minimum atomic E-state index is -9.24. The first-order valence-corrected chi connectivity index (χ1v) is 30.8. The van der Waals surface area contributed by atoms with Crippen LogP contribution in [0.2, 0.25) is 0 Å². The zero-order valence-electron chi connectivity index (χ0n) is 39.0. The van der Waals surface area contributed by atoms with Crippen molar-refractivity contribution in [3.05, 3.63) is 11.7 Å². The van der Waals surface area contributed by atoms with Crippen LogP contribution in [0, 0.1) is 11.7 Å². The van der Waals surface area contributed by atoms with Gasteiger partial charge in [-0.25, -0.2) is 0 Å². The molecule has 0 aromatic heterocycles. The Morgan fingerprint density at radius 1 is 0.128 bits per heavy atom. The van der Waals surface area contributed by atoms with Crippen LogP contribution in [0.4, 0.5) is 198 Å². The van der Waals surface area contributed by atoms with E-state index in [-0.39, 0.29) is 24.4 Å². The molecule has 0 aliphatic rings. The van der Waals surface area contributed by atoms with Crippen LogP contribution < -0.4 is 0 Å². The Labute approximate surface area is 499 Å². The Morgan fingerprint density at radius 2 is 0.170 bits per heavy atom. The molecule has 566 valence electrons. The fourth-order valence-electron chi connectivity index (χ4n) is 3.61. The summed E-state index contributed by atoms with van der Waals surface area (Å²) < 4.78 is 748. The van der Waals surface area contributed by atoms with Gasteiger partial charge < -0.3 is 0 Å². The Morgan fingerprint density at radius 3 is 0.202 bits per heavy atom. The van der Waals surface area contributed by atoms with Gasteiger partial charge in [-0.2, -0.15) is 198 Å². The van der Waals surface area contributed by atoms with Gasteiger partial charge in [0.1, 0.15) is 88.5 Å². The van der Waals surface area contributed by atoms with E-state index in [2.05, 4.69) is 0 Å². The van der Waals surface area contributed by atoms with E-state index in [1.807, 2.05) is 0 Å². The molecule has 0 rings (SSSR count). The van der Waals surface area contributed by atoms with Gasteiger partial charge in [0, 0.05) is 0 Å². The van der Waals surface area contributed by atoms with Crippen molar-refractivity contribution in [3.8, 4) is 0 Å². The van der Waals surface area contributed by atoms with Gasteiger partial charge in [0.25, 0.3) is 0 Å². The molecular formula is C21F45O18S9Sb. The molecule has 94 heavy (non-hydrogen) atoms. The number of hydrogen-bond acceptors (Lipinski definition) is 18. The first kappa shape index (κ1) is 97.6. The van der Waals surface area contributed by atoms with Gasteiger partial charge in [0.2, 0.25) is 0 Å². The maximum Gasteiger partial charge on any atom is 3.00 e. The number of hydrogen-bond donors (Lipinski definition) is 0. The second-order valence-corrected chi connectivity index (χ2v) is 34.1. The number of halogens is 45. The third-order valence-corrected chi connectivity index (χ3v) is 31.9. The maximum absolute atomic E-state index is 13.1. The molecule has 0 unspecified atom stereocenters. The first-order chi connectivity index (χ1) is 38.6. The summed E-state index contributed by atoms with van der Waals surface area (Å²) in [7, 11) is -83.1. The minimum absolute atomic E-state index is 0. The van der Waals surface area contributed by atoms with E-state index in [4.69, 9.17) is 0 Å². The third kappa shape index (κ3) is 15.3. The summed E-state index contributed by atoms with van der Waals surface area (Å²) >= 11 is 0. The number of rotatable bonds is 18. The van der Waals surface area contributed by atoms with E-state index in [0.29, 0.717) is 0 Å². The van der Waals surface area contributed by atoms with Crippen molar-refractivity contribution >= 4 is 113 Å². The Kier molecular flexibility index (Phi) is 26.4. The van der Waals surface area contributed by atoms with Crippen molar-refractivity contribution in [2.24, 2.45) is 0 Å². The van der Waals surface area contributed by atoms with Crippen LogP contribution in [0.5, 0.6) is 0 Å². The van der Waals surface area contributed by atoms with Gasteiger partial charge in [-0.15, -0.1) is 0 Å². The third-order valence-electron chi connectivity index (χ3n) is 7.98. The normalized spacial score (nSPS) is 16.5. The Bertz CT molecular complexity index is 3040. The summed E-state index contributed by atoms with van der Waals surface area (Å²) in [5.41, 5.74) is 0. The van der Waals surface area contributed by atoms with Crippen molar-refractivity contribution in [1.29, 1.82) is 0 Å². The molecule has 0 aliphatic carbocycles.